The van der Waals surface area contributed by atoms with Crippen LogP contribution >= 0.6 is 0 Å². The van der Waals surface area contributed by atoms with Crippen molar-refractivity contribution in [2.75, 3.05) is 26.8 Å². The highest BCUT2D eigenvalue weighted by Gasteiger charge is 2.35. The zero-order chi connectivity index (χ0) is 14.8. The van der Waals surface area contributed by atoms with Gasteiger partial charge in [0.2, 0.25) is 11.2 Å². The van der Waals surface area contributed by atoms with E-state index in [-0.39, 0.29) is 18.1 Å². The molecule has 1 atom stereocenters. The van der Waals surface area contributed by atoms with Gasteiger partial charge >= 0.3 is 0 Å². The summed E-state index contributed by atoms with van der Waals surface area (Å²) >= 11 is 0. The lowest BCUT2D eigenvalue weighted by molar-refractivity contribution is -0.0603. The van der Waals surface area contributed by atoms with Crippen molar-refractivity contribution < 1.29 is 24.2 Å². The molecule has 1 aromatic heterocycles. The summed E-state index contributed by atoms with van der Waals surface area (Å²) in [5.74, 6) is -0.582. The normalized spacial score (nSPS) is 22.6. The lowest BCUT2D eigenvalue weighted by Crippen LogP contribution is -2.52. The molecule has 2 rings (SSSR count). The predicted molar refractivity (Wildman–Crippen MR) is 68.7 cm³/mol. The molecule has 0 bridgehead atoms. The van der Waals surface area contributed by atoms with Gasteiger partial charge in [-0.15, -0.1) is 0 Å². The first-order valence-electron chi connectivity index (χ1n) is 6.28. The summed E-state index contributed by atoms with van der Waals surface area (Å²) in [6.45, 7) is 0.0400. The van der Waals surface area contributed by atoms with Gasteiger partial charge < -0.3 is 24.3 Å². The maximum Gasteiger partial charge on any atom is 0.289 e. The van der Waals surface area contributed by atoms with E-state index in [1.165, 1.54) is 12.0 Å². The third kappa shape index (κ3) is 2.83. The van der Waals surface area contributed by atoms with Crippen LogP contribution in [0.3, 0.4) is 0 Å². The third-order valence-electron chi connectivity index (χ3n) is 3.37. The summed E-state index contributed by atoms with van der Waals surface area (Å²) in [4.78, 5) is 25.2. The Morgan fingerprint density at radius 3 is 2.95 bits per heavy atom. The average molecular weight is 283 g/mol. The van der Waals surface area contributed by atoms with Gasteiger partial charge in [0, 0.05) is 12.6 Å². The number of β-amino-alcohol motifs (C(OH)–C–C–N with tert-alkyl or cyclic N) is 1. The first kappa shape index (κ1) is 14.5. The fraction of sp³-hybridized carbons (Fsp3) is 0.538. The van der Waals surface area contributed by atoms with Gasteiger partial charge in [-0.25, -0.2) is 0 Å². The third-order valence-corrected chi connectivity index (χ3v) is 3.37. The van der Waals surface area contributed by atoms with Crippen molar-refractivity contribution in [2.45, 2.75) is 18.4 Å². The first-order chi connectivity index (χ1) is 9.49. The van der Waals surface area contributed by atoms with Gasteiger partial charge in [-0.1, -0.05) is 0 Å². The molecule has 0 radical (unpaired) electrons. The lowest BCUT2D eigenvalue weighted by Gasteiger charge is -2.37. The molecule has 1 aliphatic rings. The van der Waals surface area contributed by atoms with Gasteiger partial charge in [-0.05, 0) is 12.8 Å². The highest BCUT2D eigenvalue weighted by Crippen LogP contribution is 2.22. The molecule has 2 N–H and O–H groups in total. The Kier molecular flexibility index (Phi) is 4.10. The van der Waals surface area contributed by atoms with Crippen LogP contribution in [0, 0.1) is 0 Å². The van der Waals surface area contributed by atoms with E-state index in [4.69, 9.17) is 14.3 Å². The molecule has 0 aromatic carbocycles. The number of methoxy groups -OCH3 is 1. The highest BCUT2D eigenvalue weighted by molar-refractivity contribution is 5.91. The van der Waals surface area contributed by atoms with Gasteiger partial charge in [0.1, 0.15) is 11.9 Å². The van der Waals surface area contributed by atoms with E-state index in [0.29, 0.717) is 19.4 Å². The number of carbonyl (C=O) groups excluding carboxylic acids is 1. The Bertz CT molecular complexity index is 554. The van der Waals surface area contributed by atoms with Crippen LogP contribution in [0.5, 0.6) is 5.75 Å². The zero-order valence-electron chi connectivity index (χ0n) is 11.2. The number of hydrogen-bond donors (Lipinski definition) is 2. The van der Waals surface area contributed by atoms with Gasteiger partial charge in [-0.2, -0.15) is 0 Å². The van der Waals surface area contributed by atoms with E-state index in [9.17, 15) is 14.7 Å². The Hall–Kier alpha value is -1.86. The Morgan fingerprint density at radius 1 is 1.60 bits per heavy atom. The van der Waals surface area contributed by atoms with Crippen LogP contribution in [0.4, 0.5) is 0 Å². The number of likely N-dealkylation sites (tertiary alicyclic amines) is 1. The molecule has 2 heterocycles. The summed E-state index contributed by atoms with van der Waals surface area (Å²) in [5.41, 5.74) is -1.74. The largest absolute Gasteiger partial charge is 0.490 e. The summed E-state index contributed by atoms with van der Waals surface area (Å²) in [5, 5.41) is 19.2. The SMILES string of the molecule is COc1coc(C(=O)N2CCC[C@](O)(CO)C2)cc1=O. The van der Waals surface area contributed by atoms with Crippen molar-refractivity contribution in [3.63, 3.8) is 0 Å². The van der Waals surface area contributed by atoms with Crippen LogP contribution < -0.4 is 10.2 Å². The van der Waals surface area contributed by atoms with Gasteiger partial charge in [0.05, 0.1) is 20.3 Å². The second-order valence-electron chi connectivity index (χ2n) is 4.89. The van der Waals surface area contributed by atoms with E-state index in [1.54, 1.807) is 0 Å². The molecule has 20 heavy (non-hydrogen) atoms. The van der Waals surface area contributed by atoms with E-state index >= 15 is 0 Å². The van der Waals surface area contributed by atoms with Crippen LogP contribution in [0.2, 0.25) is 0 Å². The monoisotopic (exact) mass is 283 g/mol. The van der Waals surface area contributed by atoms with Gasteiger partial charge in [-0.3, -0.25) is 9.59 Å². The number of amides is 1. The molecule has 1 saturated heterocycles. The number of rotatable bonds is 3. The van der Waals surface area contributed by atoms with E-state index < -0.39 is 23.5 Å². The number of hydrogen-bond acceptors (Lipinski definition) is 6. The molecule has 0 saturated carbocycles. The Morgan fingerprint density at radius 2 is 2.35 bits per heavy atom. The quantitative estimate of drug-likeness (QED) is 0.783. The summed E-state index contributed by atoms with van der Waals surface area (Å²) < 4.78 is 9.86. The molecule has 7 nitrogen and oxygen atoms in total. The number of nitrogens with zero attached hydrogens (tertiary/aromatic N) is 1. The van der Waals surface area contributed by atoms with Crippen molar-refractivity contribution >= 4 is 5.91 Å². The van der Waals surface area contributed by atoms with Crippen LogP contribution in [-0.2, 0) is 0 Å². The summed E-state index contributed by atoms with van der Waals surface area (Å²) in [7, 11) is 1.33. The molecule has 1 fully saturated rings. The fourth-order valence-electron chi connectivity index (χ4n) is 2.23. The second kappa shape index (κ2) is 5.64. The van der Waals surface area contributed by atoms with Crippen molar-refractivity contribution in [3.05, 3.63) is 28.3 Å². The molecular formula is C13H17NO6. The van der Waals surface area contributed by atoms with Gasteiger partial charge in [0.15, 0.2) is 5.76 Å². The van der Waals surface area contributed by atoms with E-state index in [0.717, 1.165) is 12.3 Å². The molecule has 1 aliphatic heterocycles. The lowest BCUT2D eigenvalue weighted by atomic mass is 9.93. The highest BCUT2D eigenvalue weighted by atomic mass is 16.5. The minimum absolute atomic E-state index is 0.0120. The molecule has 0 spiro atoms. The van der Waals surface area contributed by atoms with Crippen LogP contribution in [0.1, 0.15) is 23.4 Å². The molecular weight excluding hydrogens is 266 g/mol. The first-order valence-corrected chi connectivity index (χ1v) is 6.28. The minimum atomic E-state index is -1.29. The number of carbonyl (C=O) groups is 1. The molecule has 110 valence electrons. The zero-order valence-corrected chi connectivity index (χ0v) is 11.2. The summed E-state index contributed by atoms with van der Waals surface area (Å²) in [6.07, 6.45) is 2.08. The topological polar surface area (TPSA) is 100 Å². The van der Waals surface area contributed by atoms with Crippen molar-refractivity contribution in [2.24, 2.45) is 0 Å². The average Bonchev–Trinajstić information content (AvgIpc) is 2.46. The summed E-state index contributed by atoms with van der Waals surface area (Å²) in [6, 6.07) is 1.06. The van der Waals surface area contributed by atoms with Crippen LogP contribution in [0.15, 0.2) is 21.5 Å². The van der Waals surface area contributed by atoms with E-state index in [1.807, 2.05) is 0 Å². The number of aliphatic hydroxyl groups excluding tert-OH is 1. The number of aliphatic hydroxyl groups is 2. The Balaban J connectivity index is 2.19. The standard InChI is InChI=1S/C13H17NO6/c1-19-11-6-20-10(5-9(11)16)12(17)14-4-2-3-13(18,7-14)8-15/h5-6,15,18H,2-4,7-8H2,1H3/t13-/m1/s1. The number of piperidine rings is 1. The van der Waals surface area contributed by atoms with Crippen molar-refractivity contribution in [1.29, 1.82) is 0 Å². The van der Waals surface area contributed by atoms with E-state index in [2.05, 4.69) is 0 Å². The molecule has 1 aromatic rings. The molecule has 0 aliphatic carbocycles. The smallest absolute Gasteiger partial charge is 0.289 e. The Labute approximate surface area is 115 Å². The molecule has 0 unspecified atom stereocenters. The maximum atomic E-state index is 12.2. The molecule has 7 heteroatoms. The maximum absolute atomic E-state index is 12.2. The van der Waals surface area contributed by atoms with Crippen LogP contribution in [-0.4, -0.2) is 53.4 Å². The van der Waals surface area contributed by atoms with Crippen LogP contribution in [0.25, 0.3) is 0 Å². The minimum Gasteiger partial charge on any atom is -0.490 e. The fourth-order valence-corrected chi connectivity index (χ4v) is 2.23. The van der Waals surface area contributed by atoms with Crippen molar-refractivity contribution in [1.82, 2.24) is 4.90 Å². The van der Waals surface area contributed by atoms with Crippen molar-refractivity contribution in [3.8, 4) is 5.75 Å². The number of ether oxygens (including phenoxy) is 1. The molecule has 1 amide bonds. The predicted octanol–water partition coefficient (Wildman–Crippen LogP) is -0.392. The second-order valence-corrected chi connectivity index (χ2v) is 4.89. The van der Waals surface area contributed by atoms with Gasteiger partial charge in [0.25, 0.3) is 5.91 Å².